The Kier molecular flexibility index (Phi) is 5.34. The molecule has 0 unspecified atom stereocenters. The first-order valence-corrected chi connectivity index (χ1v) is 9.53. The summed E-state index contributed by atoms with van der Waals surface area (Å²) in [5, 5.41) is 40.1. The number of aliphatic hydroxyl groups is 4. The molecule has 2 heterocycles. The standard InChI is InChI=1S/C19H21ClO8/c20-11-5-10-8-3-1-2-4-9(8)18(25)26-12(10)6-13(11)27-19-17(24)16(23)15(22)14(7-21)28-19/h5-6,14-17,19,21-24H,1-4,7H2/t14-,15-,16-,17+,19-/m1/s1. The van der Waals surface area contributed by atoms with Crippen molar-refractivity contribution in [2.75, 3.05) is 6.61 Å². The summed E-state index contributed by atoms with van der Waals surface area (Å²) in [5.74, 6) is 0.0809. The van der Waals surface area contributed by atoms with Crippen LogP contribution in [0, 0.1) is 0 Å². The van der Waals surface area contributed by atoms with Gasteiger partial charge in [0.1, 0.15) is 35.7 Å². The van der Waals surface area contributed by atoms with Crippen LogP contribution >= 0.6 is 11.6 Å². The Morgan fingerprint density at radius 3 is 2.50 bits per heavy atom. The van der Waals surface area contributed by atoms with E-state index in [0.717, 1.165) is 30.2 Å². The molecule has 1 aromatic heterocycles. The number of rotatable bonds is 3. The Morgan fingerprint density at radius 2 is 1.79 bits per heavy atom. The van der Waals surface area contributed by atoms with Crippen molar-refractivity contribution in [3.05, 3.63) is 38.7 Å². The Morgan fingerprint density at radius 1 is 1.07 bits per heavy atom. The minimum Gasteiger partial charge on any atom is -0.460 e. The zero-order chi connectivity index (χ0) is 20.0. The van der Waals surface area contributed by atoms with Crippen molar-refractivity contribution >= 4 is 22.6 Å². The van der Waals surface area contributed by atoms with Crippen molar-refractivity contribution in [3.63, 3.8) is 0 Å². The van der Waals surface area contributed by atoms with E-state index in [1.807, 2.05) is 0 Å². The number of halogens is 1. The quantitative estimate of drug-likeness (QED) is 0.536. The van der Waals surface area contributed by atoms with Crippen LogP contribution in [0.2, 0.25) is 5.02 Å². The molecule has 1 aliphatic heterocycles. The lowest BCUT2D eigenvalue weighted by atomic mass is 9.90. The van der Waals surface area contributed by atoms with Crippen molar-refractivity contribution in [2.45, 2.75) is 56.4 Å². The minimum atomic E-state index is -1.57. The van der Waals surface area contributed by atoms with E-state index >= 15 is 0 Å². The van der Waals surface area contributed by atoms with Gasteiger partial charge in [0.05, 0.1) is 11.6 Å². The molecule has 1 fully saturated rings. The molecule has 0 bridgehead atoms. The van der Waals surface area contributed by atoms with Crippen molar-refractivity contribution in [2.24, 2.45) is 0 Å². The van der Waals surface area contributed by atoms with Crippen LogP contribution in [0.5, 0.6) is 5.75 Å². The Balaban J connectivity index is 1.70. The number of benzene rings is 1. The van der Waals surface area contributed by atoms with E-state index in [9.17, 15) is 25.2 Å². The molecular formula is C19H21ClO8. The SMILES string of the molecule is O=c1oc2cc(O[C@@H]3O[C@H](CO)[C@@H](O)[C@@H](O)[C@@H]3O)c(Cl)cc2c2c1CCCC2. The zero-order valence-corrected chi connectivity index (χ0v) is 15.6. The molecule has 8 nitrogen and oxygen atoms in total. The van der Waals surface area contributed by atoms with Crippen molar-refractivity contribution in [1.82, 2.24) is 0 Å². The first-order valence-electron chi connectivity index (χ1n) is 9.16. The van der Waals surface area contributed by atoms with E-state index in [1.54, 1.807) is 6.07 Å². The minimum absolute atomic E-state index is 0.0809. The second-order valence-corrected chi connectivity index (χ2v) is 7.55. The van der Waals surface area contributed by atoms with Gasteiger partial charge in [0, 0.05) is 17.0 Å². The van der Waals surface area contributed by atoms with Gasteiger partial charge in [-0.2, -0.15) is 0 Å². The maximum Gasteiger partial charge on any atom is 0.339 e. The van der Waals surface area contributed by atoms with Crippen LogP contribution in [0.3, 0.4) is 0 Å². The molecule has 0 amide bonds. The summed E-state index contributed by atoms with van der Waals surface area (Å²) in [6.45, 7) is -0.572. The predicted molar refractivity (Wildman–Crippen MR) is 98.5 cm³/mol. The predicted octanol–water partition coefficient (Wildman–Crippen LogP) is 0.504. The third kappa shape index (κ3) is 3.30. The van der Waals surface area contributed by atoms with Crippen molar-refractivity contribution in [3.8, 4) is 5.75 Å². The van der Waals surface area contributed by atoms with Crippen LogP contribution < -0.4 is 10.4 Å². The van der Waals surface area contributed by atoms with E-state index in [-0.39, 0.29) is 16.4 Å². The number of hydrogen-bond donors (Lipinski definition) is 4. The topological polar surface area (TPSA) is 130 Å². The van der Waals surface area contributed by atoms with Gasteiger partial charge in [0.25, 0.3) is 0 Å². The number of ether oxygens (including phenoxy) is 2. The molecule has 4 rings (SSSR count). The van der Waals surface area contributed by atoms with Crippen LogP contribution in [-0.4, -0.2) is 57.7 Å². The average Bonchev–Trinajstić information content (AvgIpc) is 2.70. The average molecular weight is 413 g/mol. The Bertz CT molecular complexity index is 940. The highest BCUT2D eigenvalue weighted by atomic mass is 35.5. The van der Waals surface area contributed by atoms with Crippen LogP contribution in [0.1, 0.15) is 24.0 Å². The summed E-state index contributed by atoms with van der Waals surface area (Å²) < 4.78 is 16.4. The highest BCUT2D eigenvalue weighted by Gasteiger charge is 2.44. The first kappa shape index (κ1) is 19.6. The van der Waals surface area contributed by atoms with Crippen molar-refractivity contribution < 1.29 is 34.3 Å². The van der Waals surface area contributed by atoms with E-state index < -0.39 is 37.3 Å². The maximum absolute atomic E-state index is 12.3. The van der Waals surface area contributed by atoms with Gasteiger partial charge in [-0.3, -0.25) is 0 Å². The van der Waals surface area contributed by atoms with Gasteiger partial charge in [0.2, 0.25) is 6.29 Å². The molecule has 2 aromatic rings. The van der Waals surface area contributed by atoms with Gasteiger partial charge < -0.3 is 34.3 Å². The lowest BCUT2D eigenvalue weighted by Gasteiger charge is -2.39. The molecule has 0 spiro atoms. The summed E-state index contributed by atoms with van der Waals surface area (Å²) in [4.78, 5) is 12.3. The van der Waals surface area contributed by atoms with Gasteiger partial charge in [0.15, 0.2) is 0 Å². The fraction of sp³-hybridized carbons (Fsp3) is 0.526. The molecule has 1 aromatic carbocycles. The molecule has 4 N–H and O–H groups in total. The van der Waals surface area contributed by atoms with Crippen LogP contribution in [0.25, 0.3) is 11.0 Å². The molecule has 0 radical (unpaired) electrons. The third-order valence-corrected chi connectivity index (χ3v) is 5.66. The van der Waals surface area contributed by atoms with Crippen LogP contribution in [-0.2, 0) is 17.6 Å². The lowest BCUT2D eigenvalue weighted by Crippen LogP contribution is -2.60. The molecule has 9 heteroatoms. The summed E-state index contributed by atoms with van der Waals surface area (Å²) in [7, 11) is 0. The normalized spacial score (nSPS) is 30.2. The van der Waals surface area contributed by atoms with Gasteiger partial charge in [-0.25, -0.2) is 4.79 Å². The molecule has 1 saturated heterocycles. The van der Waals surface area contributed by atoms with E-state index in [4.69, 9.17) is 25.5 Å². The van der Waals surface area contributed by atoms with Gasteiger partial charge in [-0.05, 0) is 37.3 Å². The highest BCUT2D eigenvalue weighted by molar-refractivity contribution is 6.32. The lowest BCUT2D eigenvalue weighted by molar-refractivity contribution is -0.277. The van der Waals surface area contributed by atoms with Gasteiger partial charge in [-0.1, -0.05) is 11.6 Å². The first-order chi connectivity index (χ1) is 13.4. The summed E-state index contributed by atoms with van der Waals surface area (Å²) >= 11 is 6.34. The molecule has 5 atom stereocenters. The summed E-state index contributed by atoms with van der Waals surface area (Å²) in [5.41, 5.74) is 1.52. The largest absolute Gasteiger partial charge is 0.460 e. The Hall–Kier alpha value is -1.68. The number of fused-ring (bicyclic) bond motifs is 3. The maximum atomic E-state index is 12.3. The zero-order valence-electron chi connectivity index (χ0n) is 14.9. The molecule has 1 aliphatic carbocycles. The van der Waals surface area contributed by atoms with E-state index in [2.05, 4.69) is 0 Å². The fourth-order valence-electron chi connectivity index (χ4n) is 3.82. The van der Waals surface area contributed by atoms with Crippen LogP contribution in [0.15, 0.2) is 21.3 Å². The smallest absolute Gasteiger partial charge is 0.339 e. The molecule has 2 aliphatic rings. The van der Waals surface area contributed by atoms with E-state index in [1.165, 1.54) is 6.07 Å². The van der Waals surface area contributed by atoms with Gasteiger partial charge in [-0.15, -0.1) is 0 Å². The monoisotopic (exact) mass is 412 g/mol. The molecule has 28 heavy (non-hydrogen) atoms. The van der Waals surface area contributed by atoms with Gasteiger partial charge >= 0.3 is 5.63 Å². The summed E-state index contributed by atoms with van der Waals surface area (Å²) in [6.07, 6.45) is -3.75. The molecule has 0 saturated carbocycles. The fourth-order valence-corrected chi connectivity index (χ4v) is 4.03. The second kappa shape index (κ2) is 7.62. The summed E-state index contributed by atoms with van der Waals surface area (Å²) in [6, 6.07) is 3.08. The van der Waals surface area contributed by atoms with Crippen molar-refractivity contribution in [1.29, 1.82) is 0 Å². The highest BCUT2D eigenvalue weighted by Crippen LogP contribution is 2.36. The molecular weight excluding hydrogens is 392 g/mol. The third-order valence-electron chi connectivity index (χ3n) is 5.37. The number of hydrogen-bond acceptors (Lipinski definition) is 8. The van der Waals surface area contributed by atoms with Crippen LogP contribution in [0.4, 0.5) is 0 Å². The number of aryl methyl sites for hydroxylation is 1. The second-order valence-electron chi connectivity index (χ2n) is 7.15. The number of aliphatic hydroxyl groups excluding tert-OH is 4. The Labute approximate surface area is 164 Å². The van der Waals surface area contributed by atoms with E-state index in [0.29, 0.717) is 17.6 Å². The molecule has 152 valence electrons.